The second-order valence-electron chi connectivity index (χ2n) is 8.80. The van der Waals surface area contributed by atoms with Gasteiger partial charge in [0.1, 0.15) is 28.7 Å². The van der Waals surface area contributed by atoms with Gasteiger partial charge in [-0.15, -0.1) is 0 Å². The summed E-state index contributed by atoms with van der Waals surface area (Å²) in [6.07, 6.45) is -0.180. The normalized spacial score (nSPS) is 29.8. The molecule has 0 bridgehead atoms. The first-order valence-electron chi connectivity index (χ1n) is 9.99. The van der Waals surface area contributed by atoms with Gasteiger partial charge in [0.2, 0.25) is 5.78 Å². The van der Waals surface area contributed by atoms with Crippen molar-refractivity contribution >= 4 is 23.0 Å². The largest absolute Gasteiger partial charge is 0.510 e. The number of Topliss-reactive ketones (excluding diaryl/α,β-unsaturated/α-hetero) is 3. The first-order chi connectivity index (χ1) is 14.8. The SMILES string of the molecule is CC(=O)C1=C(O)[C@@H](N(C)C)C2CC3Cc4c(F)cc(N)c(O)c4C(=O)C3=C(O)[C@]2(O)C1=O. The van der Waals surface area contributed by atoms with E-state index in [4.69, 9.17) is 5.73 Å². The first kappa shape index (κ1) is 22.0. The fraction of sp³-hybridized carbons (Fsp3) is 0.409. The molecule has 2 unspecified atom stereocenters. The number of ketones is 3. The number of aliphatic hydroxyl groups is 3. The molecular weight excluding hydrogens is 423 g/mol. The second-order valence-corrected chi connectivity index (χ2v) is 8.80. The fourth-order valence-corrected chi connectivity index (χ4v) is 5.39. The Morgan fingerprint density at radius 3 is 2.44 bits per heavy atom. The molecule has 0 spiro atoms. The number of nitrogens with zero attached hydrogens (tertiary/aromatic N) is 1. The second kappa shape index (κ2) is 6.88. The zero-order valence-corrected chi connectivity index (χ0v) is 17.6. The molecule has 0 radical (unpaired) electrons. The number of nitrogens with two attached hydrogens (primary N) is 1. The number of nitrogen functional groups attached to an aromatic ring is 1. The number of aromatic hydroxyl groups is 1. The van der Waals surface area contributed by atoms with E-state index < -0.39 is 75.1 Å². The molecule has 3 aliphatic carbocycles. The molecule has 0 fully saturated rings. The number of hydrogen-bond donors (Lipinski definition) is 5. The topological polar surface area (TPSA) is 161 Å². The van der Waals surface area contributed by atoms with E-state index in [2.05, 4.69) is 0 Å². The lowest BCUT2D eigenvalue weighted by Gasteiger charge is -2.50. The summed E-state index contributed by atoms with van der Waals surface area (Å²) >= 11 is 0. The molecule has 0 saturated carbocycles. The van der Waals surface area contributed by atoms with Crippen molar-refractivity contribution < 1.29 is 39.2 Å². The van der Waals surface area contributed by atoms with Crippen LogP contribution < -0.4 is 5.73 Å². The molecule has 0 aliphatic heterocycles. The summed E-state index contributed by atoms with van der Waals surface area (Å²) in [6, 6.07) is -0.128. The van der Waals surface area contributed by atoms with Crippen LogP contribution in [-0.4, -0.2) is 68.4 Å². The summed E-state index contributed by atoms with van der Waals surface area (Å²) < 4.78 is 14.6. The number of rotatable bonds is 2. The average Bonchev–Trinajstić information content (AvgIpc) is 2.68. The molecule has 1 aromatic rings. The van der Waals surface area contributed by atoms with Crippen LogP contribution in [0.4, 0.5) is 10.1 Å². The summed E-state index contributed by atoms with van der Waals surface area (Å²) in [4.78, 5) is 40.0. The number of halogens is 1. The number of anilines is 1. The Morgan fingerprint density at radius 1 is 1.25 bits per heavy atom. The van der Waals surface area contributed by atoms with Gasteiger partial charge in [-0.05, 0) is 39.8 Å². The van der Waals surface area contributed by atoms with Crippen LogP contribution in [0, 0.1) is 17.7 Å². The zero-order chi connectivity index (χ0) is 23.9. The van der Waals surface area contributed by atoms with Crippen LogP contribution >= 0.6 is 0 Å². The van der Waals surface area contributed by atoms with Gasteiger partial charge >= 0.3 is 0 Å². The van der Waals surface area contributed by atoms with Crippen molar-refractivity contribution in [3.8, 4) is 5.75 Å². The highest BCUT2D eigenvalue weighted by molar-refractivity contribution is 6.25. The van der Waals surface area contributed by atoms with Gasteiger partial charge in [-0.25, -0.2) is 4.39 Å². The third-order valence-electron chi connectivity index (χ3n) is 6.80. The van der Waals surface area contributed by atoms with E-state index in [1.54, 1.807) is 14.1 Å². The standard InChI is InChI=1S/C22H23FN2O7/c1-7(26)13-19(29)16(25(2)3)10-5-8-4-9-11(23)6-12(24)17(27)15(9)18(28)14(8)21(31)22(10,32)20(13)30/h6,8,10,16,27,29,31-32H,4-5,24H2,1-3H3/t8?,10?,16-,22+/m0/s1. The third-order valence-corrected chi connectivity index (χ3v) is 6.80. The van der Waals surface area contributed by atoms with Crippen LogP contribution in [0.1, 0.15) is 29.3 Å². The number of fused-ring (bicyclic) bond motifs is 3. The first-order valence-corrected chi connectivity index (χ1v) is 9.99. The van der Waals surface area contributed by atoms with Crippen molar-refractivity contribution in [1.82, 2.24) is 4.90 Å². The van der Waals surface area contributed by atoms with Gasteiger partial charge in [-0.2, -0.15) is 0 Å². The third kappa shape index (κ3) is 2.59. The number of allylic oxidation sites excluding steroid dienone is 1. The molecule has 6 N–H and O–H groups in total. The van der Waals surface area contributed by atoms with E-state index in [9.17, 15) is 39.2 Å². The van der Waals surface area contributed by atoms with Crippen LogP contribution in [0.15, 0.2) is 28.7 Å². The zero-order valence-electron chi connectivity index (χ0n) is 17.6. The van der Waals surface area contributed by atoms with Crippen molar-refractivity contribution in [2.45, 2.75) is 31.4 Å². The van der Waals surface area contributed by atoms with E-state index in [0.29, 0.717) is 0 Å². The molecule has 1 aromatic carbocycles. The number of carbonyl (C=O) groups is 3. The average molecular weight is 446 g/mol. The van der Waals surface area contributed by atoms with Gasteiger partial charge in [0, 0.05) is 23.1 Å². The Morgan fingerprint density at radius 2 is 1.88 bits per heavy atom. The van der Waals surface area contributed by atoms with E-state index >= 15 is 0 Å². The summed E-state index contributed by atoms with van der Waals surface area (Å²) in [5.74, 6) is -7.84. The maximum atomic E-state index is 14.6. The Labute approximate surface area is 182 Å². The molecule has 4 rings (SSSR count). The molecule has 32 heavy (non-hydrogen) atoms. The number of benzene rings is 1. The number of phenols is 1. The monoisotopic (exact) mass is 446 g/mol. The van der Waals surface area contributed by atoms with Crippen LogP contribution in [0.3, 0.4) is 0 Å². The molecule has 0 heterocycles. The molecular formula is C22H23FN2O7. The number of likely N-dealkylation sites (N-methyl/N-ethyl adjacent to an activating group) is 1. The fourth-order valence-electron chi connectivity index (χ4n) is 5.39. The molecule has 0 saturated heterocycles. The van der Waals surface area contributed by atoms with Crippen molar-refractivity contribution in [2.75, 3.05) is 19.8 Å². The van der Waals surface area contributed by atoms with Crippen LogP contribution in [0.2, 0.25) is 0 Å². The molecule has 170 valence electrons. The lowest BCUT2D eigenvalue weighted by Crippen LogP contribution is -2.63. The number of carbonyl (C=O) groups excluding carboxylic acids is 3. The van der Waals surface area contributed by atoms with E-state index in [1.807, 2.05) is 0 Å². The Hall–Kier alpha value is -3.24. The Balaban J connectivity index is 1.99. The highest BCUT2D eigenvalue weighted by Crippen LogP contribution is 2.52. The Kier molecular flexibility index (Phi) is 4.72. The highest BCUT2D eigenvalue weighted by Gasteiger charge is 2.63. The maximum absolute atomic E-state index is 14.6. The van der Waals surface area contributed by atoms with Crippen molar-refractivity contribution in [3.63, 3.8) is 0 Å². The van der Waals surface area contributed by atoms with Gasteiger partial charge in [0.05, 0.1) is 17.3 Å². The van der Waals surface area contributed by atoms with Gasteiger partial charge in [0.25, 0.3) is 0 Å². The number of hydrogen-bond acceptors (Lipinski definition) is 9. The minimum Gasteiger partial charge on any atom is -0.510 e. The summed E-state index contributed by atoms with van der Waals surface area (Å²) in [5.41, 5.74) is 1.05. The summed E-state index contributed by atoms with van der Waals surface area (Å²) in [5, 5.41) is 43.6. The summed E-state index contributed by atoms with van der Waals surface area (Å²) in [6.45, 7) is 1.04. The molecule has 0 aromatic heterocycles. The minimum atomic E-state index is -2.66. The minimum absolute atomic E-state index is 0.0739. The van der Waals surface area contributed by atoms with E-state index in [1.165, 1.54) is 4.90 Å². The lowest BCUT2D eigenvalue weighted by molar-refractivity contribution is -0.148. The van der Waals surface area contributed by atoms with Crippen LogP contribution in [-0.2, 0) is 16.0 Å². The summed E-state index contributed by atoms with van der Waals surface area (Å²) in [7, 11) is 3.12. The number of phenolic OH excluding ortho intramolecular Hbond substituents is 1. The maximum Gasteiger partial charge on any atom is 0.209 e. The number of aliphatic hydroxyl groups excluding tert-OH is 2. The van der Waals surface area contributed by atoms with Crippen LogP contribution in [0.5, 0.6) is 5.75 Å². The molecule has 10 heteroatoms. The van der Waals surface area contributed by atoms with Crippen molar-refractivity contribution in [2.24, 2.45) is 11.8 Å². The quantitative estimate of drug-likeness (QED) is 0.253. The van der Waals surface area contributed by atoms with Crippen molar-refractivity contribution in [1.29, 1.82) is 0 Å². The predicted octanol–water partition coefficient (Wildman–Crippen LogP) is 0.946. The van der Waals surface area contributed by atoms with E-state index in [-0.39, 0.29) is 29.7 Å². The predicted molar refractivity (Wildman–Crippen MR) is 110 cm³/mol. The lowest BCUT2D eigenvalue weighted by atomic mass is 9.58. The smallest absolute Gasteiger partial charge is 0.209 e. The molecule has 4 atom stereocenters. The van der Waals surface area contributed by atoms with Gasteiger partial charge in [-0.3, -0.25) is 19.3 Å². The highest BCUT2D eigenvalue weighted by atomic mass is 19.1. The molecule has 3 aliphatic rings. The van der Waals surface area contributed by atoms with Gasteiger partial charge in [0.15, 0.2) is 17.2 Å². The van der Waals surface area contributed by atoms with E-state index in [0.717, 1.165) is 13.0 Å². The molecule has 9 nitrogen and oxygen atoms in total. The Bertz CT molecular complexity index is 1170. The van der Waals surface area contributed by atoms with Gasteiger partial charge < -0.3 is 26.2 Å². The molecule has 0 amide bonds. The van der Waals surface area contributed by atoms with Crippen molar-refractivity contribution in [3.05, 3.63) is 45.7 Å². The van der Waals surface area contributed by atoms with Gasteiger partial charge in [-0.1, -0.05) is 0 Å². The van der Waals surface area contributed by atoms with Crippen LogP contribution in [0.25, 0.3) is 0 Å².